The van der Waals surface area contributed by atoms with Crippen molar-refractivity contribution in [3.8, 4) is 0 Å². The van der Waals surface area contributed by atoms with Crippen LogP contribution in [0.25, 0.3) is 0 Å². The zero-order valence-corrected chi connectivity index (χ0v) is 17.2. The summed E-state index contributed by atoms with van der Waals surface area (Å²) in [6.45, 7) is 16.9. The molecule has 1 aliphatic rings. The van der Waals surface area contributed by atoms with E-state index >= 15 is 0 Å². The van der Waals surface area contributed by atoms with Crippen LogP contribution in [0.3, 0.4) is 0 Å². The van der Waals surface area contributed by atoms with Gasteiger partial charge in [-0.25, -0.2) is 0 Å². The normalized spacial score (nSPS) is 18.4. The van der Waals surface area contributed by atoms with E-state index in [9.17, 15) is 0 Å². The van der Waals surface area contributed by atoms with Crippen LogP contribution in [0.4, 0.5) is 0 Å². The zero-order chi connectivity index (χ0) is 18.7. The monoisotopic (exact) mass is 356 g/mol. The number of hydrogen-bond donors (Lipinski definition) is 2. The Morgan fingerprint density at radius 1 is 1.16 bits per heavy atom. The fraction of sp³-hybridized carbons (Fsp3) is 0.947. The van der Waals surface area contributed by atoms with Gasteiger partial charge in [-0.15, -0.1) is 0 Å². The second-order valence-corrected chi connectivity index (χ2v) is 7.33. The Balaban J connectivity index is 2.73. The Hall–Kier alpha value is -0.850. The van der Waals surface area contributed by atoms with Gasteiger partial charge in [0.25, 0.3) is 0 Å². The van der Waals surface area contributed by atoms with E-state index in [0.717, 1.165) is 45.4 Å². The van der Waals surface area contributed by atoms with Gasteiger partial charge in [0.05, 0.1) is 25.4 Å². The van der Waals surface area contributed by atoms with Crippen molar-refractivity contribution < 1.29 is 9.47 Å². The number of ether oxygens (including phenoxy) is 2. The summed E-state index contributed by atoms with van der Waals surface area (Å²) >= 11 is 0. The largest absolute Gasteiger partial charge is 0.379 e. The summed E-state index contributed by atoms with van der Waals surface area (Å²) in [5.74, 6) is 1.56. The van der Waals surface area contributed by atoms with Crippen molar-refractivity contribution in [1.29, 1.82) is 0 Å². The van der Waals surface area contributed by atoms with Crippen molar-refractivity contribution in [3.05, 3.63) is 0 Å². The maximum absolute atomic E-state index is 5.54. The maximum atomic E-state index is 5.54. The molecule has 1 aliphatic heterocycles. The van der Waals surface area contributed by atoms with Crippen LogP contribution in [0, 0.1) is 5.92 Å². The van der Waals surface area contributed by atoms with Crippen LogP contribution in [0.1, 0.15) is 47.5 Å². The van der Waals surface area contributed by atoms with Crippen LogP contribution in [-0.4, -0.2) is 75.5 Å². The van der Waals surface area contributed by atoms with Crippen LogP contribution in [-0.2, 0) is 9.47 Å². The molecule has 0 amide bonds. The van der Waals surface area contributed by atoms with E-state index in [2.05, 4.69) is 50.2 Å². The van der Waals surface area contributed by atoms with Crippen LogP contribution >= 0.6 is 0 Å². The third-order valence-corrected chi connectivity index (χ3v) is 5.10. The van der Waals surface area contributed by atoms with Crippen molar-refractivity contribution in [2.75, 3.05) is 53.0 Å². The molecular formula is C19H40N4O2. The van der Waals surface area contributed by atoms with Crippen LogP contribution in [0.2, 0.25) is 0 Å². The lowest BCUT2D eigenvalue weighted by Gasteiger charge is -2.39. The fourth-order valence-corrected chi connectivity index (χ4v) is 3.21. The molecule has 0 radical (unpaired) electrons. The summed E-state index contributed by atoms with van der Waals surface area (Å²) in [5, 5.41) is 6.92. The van der Waals surface area contributed by atoms with E-state index in [-0.39, 0.29) is 5.60 Å². The second kappa shape index (κ2) is 11.7. The Kier molecular flexibility index (Phi) is 10.4. The molecule has 1 rings (SSSR count). The van der Waals surface area contributed by atoms with Crippen molar-refractivity contribution in [1.82, 2.24) is 15.5 Å². The first-order valence-electron chi connectivity index (χ1n) is 9.86. The fourth-order valence-electron chi connectivity index (χ4n) is 3.21. The minimum Gasteiger partial charge on any atom is -0.379 e. The summed E-state index contributed by atoms with van der Waals surface area (Å²) in [5.41, 5.74) is -0.249. The van der Waals surface area contributed by atoms with Gasteiger partial charge in [-0.1, -0.05) is 26.7 Å². The molecule has 1 fully saturated rings. The molecular weight excluding hydrogens is 316 g/mol. The first-order chi connectivity index (χ1) is 12.0. The lowest BCUT2D eigenvalue weighted by molar-refractivity contribution is 0.00268. The smallest absolute Gasteiger partial charge is 0.191 e. The Morgan fingerprint density at radius 3 is 2.32 bits per heavy atom. The van der Waals surface area contributed by atoms with Gasteiger partial charge in [-0.3, -0.25) is 9.89 Å². The van der Waals surface area contributed by atoms with E-state index < -0.39 is 0 Å². The van der Waals surface area contributed by atoms with Gasteiger partial charge >= 0.3 is 0 Å². The maximum Gasteiger partial charge on any atom is 0.191 e. The summed E-state index contributed by atoms with van der Waals surface area (Å²) in [6.07, 6.45) is 2.40. The van der Waals surface area contributed by atoms with E-state index in [4.69, 9.17) is 14.5 Å². The standard InChI is InChI=1S/C19H40N4O2/c1-7-16(8-2)17(23-10-12-25-13-11-23)14-21-18(20-9-3)22-15-19(4,5)24-6/h16-17H,7-15H2,1-6H3,(H2,20,21,22). The Bertz CT molecular complexity index is 378. The number of nitrogens with zero attached hydrogens (tertiary/aromatic N) is 2. The van der Waals surface area contributed by atoms with Gasteiger partial charge in [-0.2, -0.15) is 0 Å². The highest BCUT2D eigenvalue weighted by molar-refractivity contribution is 5.79. The van der Waals surface area contributed by atoms with Gasteiger partial charge in [0.15, 0.2) is 5.96 Å². The molecule has 1 saturated heterocycles. The van der Waals surface area contributed by atoms with E-state index in [1.807, 2.05) is 0 Å². The summed E-state index contributed by atoms with van der Waals surface area (Å²) in [4.78, 5) is 7.29. The van der Waals surface area contributed by atoms with Crippen molar-refractivity contribution in [2.45, 2.75) is 59.1 Å². The zero-order valence-electron chi connectivity index (χ0n) is 17.2. The van der Waals surface area contributed by atoms with Crippen molar-refractivity contribution >= 4 is 5.96 Å². The molecule has 25 heavy (non-hydrogen) atoms. The molecule has 148 valence electrons. The second-order valence-electron chi connectivity index (χ2n) is 7.33. The lowest BCUT2D eigenvalue weighted by Crippen LogP contribution is -2.53. The van der Waals surface area contributed by atoms with Crippen LogP contribution in [0.5, 0.6) is 0 Å². The highest BCUT2D eigenvalue weighted by Crippen LogP contribution is 2.19. The van der Waals surface area contributed by atoms with Gasteiger partial charge < -0.3 is 20.1 Å². The molecule has 6 heteroatoms. The van der Waals surface area contributed by atoms with Crippen molar-refractivity contribution in [3.63, 3.8) is 0 Å². The third-order valence-electron chi connectivity index (χ3n) is 5.10. The summed E-state index contributed by atoms with van der Waals surface area (Å²) in [7, 11) is 1.73. The number of hydrogen-bond acceptors (Lipinski definition) is 4. The third kappa shape index (κ3) is 7.92. The first-order valence-corrected chi connectivity index (χ1v) is 9.86. The SMILES string of the molecule is CCNC(=NCC(C)(C)OC)NCC(C(CC)CC)N1CCOCC1. The molecule has 0 aliphatic carbocycles. The molecule has 0 spiro atoms. The molecule has 2 N–H and O–H groups in total. The van der Waals surface area contributed by atoms with Gasteiger partial charge in [-0.05, 0) is 26.7 Å². The molecule has 0 aromatic carbocycles. The van der Waals surface area contributed by atoms with Crippen molar-refractivity contribution in [2.24, 2.45) is 10.9 Å². The Labute approximate surface area is 154 Å². The van der Waals surface area contributed by atoms with E-state index in [0.29, 0.717) is 18.5 Å². The highest BCUT2D eigenvalue weighted by atomic mass is 16.5. The number of guanidine groups is 1. The molecule has 0 saturated carbocycles. The molecule has 1 atom stereocenters. The van der Waals surface area contributed by atoms with Gasteiger partial charge in [0.1, 0.15) is 0 Å². The number of methoxy groups -OCH3 is 1. The topological polar surface area (TPSA) is 58.1 Å². The molecule has 0 bridgehead atoms. The quantitative estimate of drug-likeness (QED) is 0.464. The highest BCUT2D eigenvalue weighted by Gasteiger charge is 2.27. The number of aliphatic imine (C=N–C) groups is 1. The van der Waals surface area contributed by atoms with E-state index in [1.54, 1.807) is 7.11 Å². The number of nitrogens with one attached hydrogen (secondary N) is 2. The number of rotatable bonds is 10. The summed E-state index contributed by atoms with van der Waals surface area (Å²) < 4.78 is 11.0. The lowest BCUT2D eigenvalue weighted by atomic mass is 9.92. The number of morpholine rings is 1. The van der Waals surface area contributed by atoms with Gasteiger partial charge in [0.2, 0.25) is 0 Å². The molecule has 6 nitrogen and oxygen atoms in total. The van der Waals surface area contributed by atoms with E-state index in [1.165, 1.54) is 12.8 Å². The predicted molar refractivity (Wildman–Crippen MR) is 105 cm³/mol. The first kappa shape index (κ1) is 22.2. The molecule has 1 heterocycles. The average Bonchev–Trinajstić information content (AvgIpc) is 2.63. The molecule has 0 aromatic rings. The average molecular weight is 357 g/mol. The summed E-state index contributed by atoms with van der Waals surface area (Å²) in [6, 6.07) is 0.512. The minimum absolute atomic E-state index is 0.249. The van der Waals surface area contributed by atoms with Gasteiger partial charge in [0, 0.05) is 39.3 Å². The van der Waals surface area contributed by atoms with Crippen LogP contribution in [0.15, 0.2) is 4.99 Å². The van der Waals surface area contributed by atoms with Crippen LogP contribution < -0.4 is 10.6 Å². The molecule has 1 unspecified atom stereocenters. The minimum atomic E-state index is -0.249. The molecule has 0 aromatic heterocycles. The Morgan fingerprint density at radius 2 is 1.80 bits per heavy atom. The predicted octanol–water partition coefficient (Wildman–Crippen LogP) is 2.10.